The summed E-state index contributed by atoms with van der Waals surface area (Å²) in [4.78, 5) is 50.1. The van der Waals surface area contributed by atoms with Crippen molar-refractivity contribution in [3.63, 3.8) is 0 Å². The predicted octanol–water partition coefficient (Wildman–Crippen LogP) is 3.24. The third kappa shape index (κ3) is 4.24. The van der Waals surface area contributed by atoms with Crippen LogP contribution in [0.1, 0.15) is 23.0 Å². The molecule has 0 atom stereocenters. The molecule has 0 saturated carbocycles. The molecule has 1 fully saturated rings. The second-order valence-electron chi connectivity index (χ2n) is 7.04. The first-order chi connectivity index (χ1) is 15.9. The first-order valence-electron chi connectivity index (χ1n) is 10.0. The van der Waals surface area contributed by atoms with Crippen LogP contribution in [0.5, 0.6) is 5.75 Å². The number of aromatic nitrogens is 1. The number of carbonyl (C=O) groups is 4. The first-order valence-corrected chi connectivity index (χ1v) is 10.0. The third-order valence-corrected chi connectivity index (χ3v) is 4.95. The number of ether oxygens (including phenoxy) is 1. The molecular weight excluding hydrogens is 426 g/mol. The van der Waals surface area contributed by atoms with E-state index in [0.717, 1.165) is 4.90 Å². The lowest BCUT2D eigenvalue weighted by Crippen LogP contribution is -2.54. The molecule has 33 heavy (non-hydrogen) atoms. The number of hydrogen-bond acceptors (Lipinski definition) is 5. The summed E-state index contributed by atoms with van der Waals surface area (Å²) in [6.45, 7) is 2.23. The van der Waals surface area contributed by atoms with Gasteiger partial charge in [-0.3, -0.25) is 14.9 Å². The van der Waals surface area contributed by atoms with Crippen LogP contribution in [-0.4, -0.2) is 40.1 Å². The summed E-state index contributed by atoms with van der Waals surface area (Å²) < 4.78 is 7.13. The molecule has 4 amide bonds. The van der Waals surface area contributed by atoms with E-state index in [-0.39, 0.29) is 16.8 Å². The standard InChI is InChI=1S/C24H19N3O6/c1-2-33-19-7-3-5-18(13-19)27-22(29)20(21(28)25-24(27)32)14-17-6-4-12-26(17)16-10-8-15(9-11-16)23(30)31/h3-14H,2H2,1H3,(H,30,31)(H,25,28,32). The number of rotatable bonds is 6. The number of aromatic carboxylic acids is 1. The van der Waals surface area contributed by atoms with Gasteiger partial charge in [0, 0.05) is 23.6 Å². The van der Waals surface area contributed by atoms with Crippen LogP contribution in [0.3, 0.4) is 0 Å². The molecule has 3 aromatic rings. The van der Waals surface area contributed by atoms with Gasteiger partial charge < -0.3 is 14.4 Å². The zero-order chi connectivity index (χ0) is 23.5. The van der Waals surface area contributed by atoms with Crippen LogP contribution in [0.4, 0.5) is 10.5 Å². The van der Waals surface area contributed by atoms with E-state index in [1.165, 1.54) is 18.2 Å². The molecule has 1 aromatic heterocycles. The van der Waals surface area contributed by atoms with Crippen molar-refractivity contribution >= 4 is 35.6 Å². The van der Waals surface area contributed by atoms with Crippen molar-refractivity contribution in [1.82, 2.24) is 9.88 Å². The highest BCUT2D eigenvalue weighted by Gasteiger charge is 2.37. The quantitative estimate of drug-likeness (QED) is 0.444. The zero-order valence-electron chi connectivity index (χ0n) is 17.5. The highest BCUT2D eigenvalue weighted by atomic mass is 16.5. The number of nitrogens with zero attached hydrogens (tertiary/aromatic N) is 2. The maximum absolute atomic E-state index is 13.2. The number of anilines is 1. The van der Waals surface area contributed by atoms with Gasteiger partial charge in [0.25, 0.3) is 11.8 Å². The number of nitrogens with one attached hydrogen (secondary N) is 1. The van der Waals surface area contributed by atoms with Crippen LogP contribution in [0.15, 0.2) is 72.4 Å². The molecule has 1 aliphatic rings. The number of urea groups is 1. The molecule has 0 radical (unpaired) electrons. The number of imide groups is 2. The average molecular weight is 445 g/mol. The number of hydrogen-bond donors (Lipinski definition) is 2. The van der Waals surface area contributed by atoms with Crippen molar-refractivity contribution < 1.29 is 29.0 Å². The van der Waals surface area contributed by atoms with E-state index in [2.05, 4.69) is 5.32 Å². The van der Waals surface area contributed by atoms with Gasteiger partial charge in [-0.05, 0) is 61.5 Å². The number of benzene rings is 2. The Kier molecular flexibility index (Phi) is 5.77. The fourth-order valence-electron chi connectivity index (χ4n) is 3.43. The van der Waals surface area contributed by atoms with Gasteiger partial charge in [0.1, 0.15) is 11.3 Å². The van der Waals surface area contributed by atoms with Gasteiger partial charge in [0.05, 0.1) is 17.9 Å². The Morgan fingerprint density at radius 2 is 1.79 bits per heavy atom. The average Bonchev–Trinajstić information content (AvgIpc) is 3.25. The summed E-state index contributed by atoms with van der Waals surface area (Å²) in [6, 6.07) is 15.2. The fourth-order valence-corrected chi connectivity index (χ4v) is 3.43. The van der Waals surface area contributed by atoms with Gasteiger partial charge in [-0.1, -0.05) is 6.07 Å². The third-order valence-electron chi connectivity index (χ3n) is 4.95. The van der Waals surface area contributed by atoms with Crippen LogP contribution in [0.2, 0.25) is 0 Å². The Hall–Kier alpha value is -4.66. The van der Waals surface area contributed by atoms with Crippen LogP contribution < -0.4 is 15.0 Å². The molecule has 2 aromatic carbocycles. The molecule has 1 aliphatic heterocycles. The minimum absolute atomic E-state index is 0.135. The van der Waals surface area contributed by atoms with Crippen molar-refractivity contribution in [3.8, 4) is 11.4 Å². The second-order valence-corrected chi connectivity index (χ2v) is 7.04. The Morgan fingerprint density at radius 3 is 2.48 bits per heavy atom. The summed E-state index contributed by atoms with van der Waals surface area (Å²) >= 11 is 0. The number of carbonyl (C=O) groups excluding carboxylic acids is 3. The SMILES string of the molecule is CCOc1cccc(N2C(=O)NC(=O)C(=Cc3cccn3-c3ccc(C(=O)O)cc3)C2=O)c1. The Bertz CT molecular complexity index is 1290. The van der Waals surface area contributed by atoms with Crippen molar-refractivity contribution in [1.29, 1.82) is 0 Å². The lowest BCUT2D eigenvalue weighted by atomic mass is 10.1. The predicted molar refractivity (Wildman–Crippen MR) is 119 cm³/mol. The van der Waals surface area contributed by atoms with Crippen LogP contribution in [-0.2, 0) is 9.59 Å². The number of barbiturate groups is 1. The minimum Gasteiger partial charge on any atom is -0.494 e. The maximum Gasteiger partial charge on any atom is 0.335 e. The van der Waals surface area contributed by atoms with Crippen molar-refractivity contribution in [2.24, 2.45) is 0 Å². The first kappa shape index (κ1) is 21.6. The van der Waals surface area contributed by atoms with Crippen molar-refractivity contribution in [2.75, 3.05) is 11.5 Å². The molecule has 9 heteroatoms. The molecule has 0 aliphatic carbocycles. The highest BCUT2D eigenvalue weighted by molar-refractivity contribution is 6.39. The van der Waals surface area contributed by atoms with Crippen LogP contribution in [0.25, 0.3) is 11.8 Å². The number of amides is 4. The smallest absolute Gasteiger partial charge is 0.335 e. The monoisotopic (exact) mass is 445 g/mol. The van der Waals surface area contributed by atoms with E-state index < -0.39 is 23.8 Å². The molecule has 2 heterocycles. The molecular formula is C24H19N3O6. The van der Waals surface area contributed by atoms with E-state index in [1.807, 2.05) is 6.92 Å². The van der Waals surface area contributed by atoms with E-state index >= 15 is 0 Å². The fraction of sp³-hybridized carbons (Fsp3) is 0.0833. The van der Waals surface area contributed by atoms with Gasteiger partial charge in [0.2, 0.25) is 0 Å². The second kappa shape index (κ2) is 8.83. The highest BCUT2D eigenvalue weighted by Crippen LogP contribution is 2.26. The topological polar surface area (TPSA) is 118 Å². The summed E-state index contributed by atoms with van der Waals surface area (Å²) in [5.41, 5.74) is 1.31. The van der Waals surface area contributed by atoms with Gasteiger partial charge in [-0.15, -0.1) is 0 Å². The molecule has 2 N–H and O–H groups in total. The summed E-state index contributed by atoms with van der Waals surface area (Å²) in [5, 5.41) is 11.3. The molecule has 166 valence electrons. The minimum atomic E-state index is -1.04. The summed E-state index contributed by atoms with van der Waals surface area (Å²) in [6.07, 6.45) is 3.09. The Balaban J connectivity index is 1.70. The maximum atomic E-state index is 13.2. The lowest BCUT2D eigenvalue weighted by Gasteiger charge is -2.26. The molecule has 0 unspecified atom stereocenters. The van der Waals surface area contributed by atoms with Crippen LogP contribution in [0, 0.1) is 0 Å². The van der Waals surface area contributed by atoms with Crippen molar-refractivity contribution in [2.45, 2.75) is 6.92 Å². The molecule has 4 rings (SSSR count). The van der Waals surface area contributed by atoms with Crippen LogP contribution >= 0.6 is 0 Å². The normalized spacial score (nSPS) is 15.0. The van der Waals surface area contributed by atoms with Crippen molar-refractivity contribution in [3.05, 3.63) is 83.7 Å². The van der Waals surface area contributed by atoms with Gasteiger partial charge in [-0.25, -0.2) is 14.5 Å². The molecule has 0 spiro atoms. The van der Waals surface area contributed by atoms with E-state index in [4.69, 9.17) is 9.84 Å². The zero-order valence-corrected chi connectivity index (χ0v) is 17.5. The van der Waals surface area contributed by atoms with E-state index in [0.29, 0.717) is 23.7 Å². The summed E-state index contributed by atoms with van der Waals surface area (Å²) in [7, 11) is 0. The number of carboxylic acids is 1. The molecule has 0 bridgehead atoms. The Labute approximate surface area is 188 Å². The van der Waals surface area contributed by atoms with E-state index in [1.54, 1.807) is 59.3 Å². The Morgan fingerprint density at radius 1 is 1.03 bits per heavy atom. The largest absolute Gasteiger partial charge is 0.494 e. The lowest BCUT2D eigenvalue weighted by molar-refractivity contribution is -0.122. The molecule has 9 nitrogen and oxygen atoms in total. The van der Waals surface area contributed by atoms with E-state index in [9.17, 15) is 19.2 Å². The summed E-state index contributed by atoms with van der Waals surface area (Å²) in [5.74, 6) is -2.14. The molecule has 1 saturated heterocycles. The van der Waals surface area contributed by atoms with Gasteiger partial charge >= 0.3 is 12.0 Å². The van der Waals surface area contributed by atoms with Gasteiger partial charge in [0.15, 0.2) is 0 Å². The number of carboxylic acid groups (broad SMARTS) is 1. The van der Waals surface area contributed by atoms with Gasteiger partial charge in [-0.2, -0.15) is 0 Å².